The molecule has 2 aromatic heterocycles. The molecular weight excluding hydrogens is 761 g/mol. The number of rotatable bonds is 14. The minimum absolute atomic E-state index is 0.0963. The molecule has 0 bridgehead atoms. The molecule has 2 aliphatic heterocycles. The van der Waals surface area contributed by atoms with E-state index in [0.29, 0.717) is 73.2 Å². The zero-order chi connectivity index (χ0) is 40.0. The normalized spacial score (nSPS) is 24.7. The lowest BCUT2D eigenvalue weighted by molar-refractivity contribution is -0.132. The summed E-state index contributed by atoms with van der Waals surface area (Å²) in [5.74, 6) is 1.32. The molecule has 10 nitrogen and oxygen atoms in total. The molecule has 4 N–H and O–H groups in total. The van der Waals surface area contributed by atoms with Crippen LogP contribution < -0.4 is 21.3 Å². The van der Waals surface area contributed by atoms with Crippen molar-refractivity contribution in [2.24, 2.45) is 11.8 Å². The summed E-state index contributed by atoms with van der Waals surface area (Å²) >= 11 is 12.4. The number of hydrogen-bond donors (Lipinski definition) is 4. The van der Waals surface area contributed by atoms with Gasteiger partial charge in [-0.25, -0.2) is 8.78 Å². The van der Waals surface area contributed by atoms with E-state index in [1.165, 1.54) is 24.5 Å². The minimum atomic E-state index is -0.489. The summed E-state index contributed by atoms with van der Waals surface area (Å²) in [4.78, 5) is 33.6. The van der Waals surface area contributed by atoms with E-state index in [9.17, 15) is 18.4 Å². The number of carbonyl (C=O) groups excluding carboxylic acids is 2. The molecule has 0 spiro atoms. The molecule has 0 atom stereocenters. The van der Waals surface area contributed by atoms with Gasteiger partial charge in [-0.1, -0.05) is 23.2 Å². The number of pyridine rings is 2. The Kier molecular flexibility index (Phi) is 17.6. The SMILES string of the molecule is CCNC(=O)C1(NCCC2CCC(c3ncc(F)cc3Cl)CC2)CCOCC1.CCNC(=O)C1(NCCC2CCC(c3ncc(F)cc3Cl)CC2)CCOCC1. The highest BCUT2D eigenvalue weighted by atomic mass is 35.5. The monoisotopic (exact) mass is 822 g/mol. The van der Waals surface area contributed by atoms with Crippen molar-refractivity contribution < 1.29 is 27.8 Å². The molecule has 2 saturated carbocycles. The molecule has 2 amide bonds. The lowest BCUT2D eigenvalue weighted by Gasteiger charge is -2.37. The van der Waals surface area contributed by atoms with Crippen LogP contribution in [0, 0.1) is 23.5 Å². The van der Waals surface area contributed by atoms with Gasteiger partial charge in [0.1, 0.15) is 22.7 Å². The molecule has 4 fully saturated rings. The van der Waals surface area contributed by atoms with Crippen molar-refractivity contribution in [1.82, 2.24) is 31.2 Å². The summed E-state index contributed by atoms with van der Waals surface area (Å²) in [5, 5.41) is 13.9. The fraction of sp³-hybridized carbons (Fsp3) is 0.714. The Bertz CT molecular complexity index is 1430. The van der Waals surface area contributed by atoms with Crippen LogP contribution in [-0.4, -0.2) is 85.5 Å². The molecule has 0 aromatic carbocycles. The number of amides is 2. The number of likely N-dealkylation sites (N-methyl/N-ethyl adjacent to an activating group) is 2. The molecule has 2 saturated heterocycles. The first-order chi connectivity index (χ1) is 27.1. The van der Waals surface area contributed by atoms with E-state index < -0.39 is 11.1 Å². The molecule has 6 rings (SSSR count). The third-order valence-electron chi connectivity index (χ3n) is 12.4. The minimum Gasteiger partial charge on any atom is -0.381 e. The van der Waals surface area contributed by atoms with Crippen LogP contribution in [0.25, 0.3) is 0 Å². The van der Waals surface area contributed by atoms with E-state index in [1.54, 1.807) is 0 Å². The summed E-state index contributed by atoms with van der Waals surface area (Å²) in [5.41, 5.74) is 0.683. The number of ether oxygens (including phenoxy) is 2. The zero-order valence-corrected chi connectivity index (χ0v) is 34.7. The Balaban J connectivity index is 0.000000214. The van der Waals surface area contributed by atoms with Gasteiger partial charge >= 0.3 is 0 Å². The third-order valence-corrected chi connectivity index (χ3v) is 13.0. The molecular formula is C42H62Cl2F2N6O4. The zero-order valence-electron chi connectivity index (χ0n) is 33.2. The van der Waals surface area contributed by atoms with Crippen molar-refractivity contribution in [3.05, 3.63) is 57.6 Å². The smallest absolute Gasteiger partial charge is 0.240 e. The lowest BCUT2D eigenvalue weighted by atomic mass is 9.79. The standard InChI is InChI=1S/2C21H31ClFN3O2/c2*1-2-24-20(27)21(8-11-28-12-9-21)26-10-7-15-3-5-16(6-4-15)19-18(22)13-17(23)14-25-19/h2*13-16,26H,2-12H2,1H3,(H,24,27). The van der Waals surface area contributed by atoms with Crippen LogP contribution in [0.3, 0.4) is 0 Å². The first-order valence-electron chi connectivity index (χ1n) is 20.9. The van der Waals surface area contributed by atoms with Crippen molar-refractivity contribution in [3.8, 4) is 0 Å². The number of aromatic nitrogens is 2. The van der Waals surface area contributed by atoms with Crippen molar-refractivity contribution in [2.45, 2.75) is 127 Å². The predicted molar refractivity (Wildman–Crippen MR) is 216 cm³/mol. The molecule has 56 heavy (non-hydrogen) atoms. The average molecular weight is 824 g/mol. The second-order valence-electron chi connectivity index (χ2n) is 16.0. The van der Waals surface area contributed by atoms with Gasteiger partial charge in [-0.3, -0.25) is 19.6 Å². The van der Waals surface area contributed by atoms with Crippen LogP contribution in [-0.2, 0) is 19.1 Å². The van der Waals surface area contributed by atoms with Crippen LogP contribution in [0.4, 0.5) is 8.78 Å². The number of nitrogens with zero attached hydrogens (tertiary/aromatic N) is 2. The lowest BCUT2D eigenvalue weighted by Crippen LogP contribution is -2.60. The second kappa shape index (κ2) is 22.0. The summed E-state index contributed by atoms with van der Waals surface area (Å²) in [6.45, 7) is 9.37. The molecule has 2 aliphatic carbocycles. The fourth-order valence-electron chi connectivity index (χ4n) is 9.00. The van der Waals surface area contributed by atoms with Crippen LogP contribution in [0.2, 0.25) is 10.0 Å². The molecule has 2 aromatic rings. The first-order valence-corrected chi connectivity index (χ1v) is 21.7. The third kappa shape index (κ3) is 12.3. The van der Waals surface area contributed by atoms with Crippen molar-refractivity contribution in [3.63, 3.8) is 0 Å². The van der Waals surface area contributed by atoms with E-state index in [1.807, 2.05) is 13.8 Å². The number of halogens is 4. The van der Waals surface area contributed by atoms with Gasteiger partial charge in [-0.15, -0.1) is 0 Å². The van der Waals surface area contributed by atoms with Crippen LogP contribution >= 0.6 is 23.2 Å². The molecule has 4 aliphatic rings. The number of hydrogen-bond acceptors (Lipinski definition) is 8. The Labute approximate surface area is 341 Å². The molecule has 14 heteroatoms. The largest absolute Gasteiger partial charge is 0.381 e. The van der Waals surface area contributed by atoms with Crippen molar-refractivity contribution in [2.75, 3.05) is 52.6 Å². The summed E-state index contributed by atoms with van der Waals surface area (Å²) in [7, 11) is 0. The Morgan fingerprint density at radius 2 is 1.02 bits per heavy atom. The van der Waals surface area contributed by atoms with Crippen molar-refractivity contribution >= 4 is 35.0 Å². The van der Waals surface area contributed by atoms with E-state index >= 15 is 0 Å². The van der Waals surface area contributed by atoms with Gasteiger partial charge in [0.15, 0.2) is 0 Å². The maximum atomic E-state index is 13.2. The molecule has 0 unspecified atom stereocenters. The fourth-order valence-corrected chi connectivity index (χ4v) is 9.61. The van der Waals surface area contributed by atoms with Gasteiger partial charge in [0.2, 0.25) is 11.8 Å². The van der Waals surface area contributed by atoms with E-state index in [-0.39, 0.29) is 23.4 Å². The van der Waals surface area contributed by atoms with E-state index in [0.717, 1.165) is 114 Å². The number of nitrogens with one attached hydrogen (secondary N) is 4. The van der Waals surface area contributed by atoms with Gasteiger partial charge in [0.25, 0.3) is 0 Å². The number of carbonyl (C=O) groups is 2. The summed E-state index contributed by atoms with van der Waals surface area (Å²) < 4.78 is 37.4. The quantitative estimate of drug-likeness (QED) is 0.153. The summed E-state index contributed by atoms with van der Waals surface area (Å²) in [6.07, 6.45) is 16.1. The average Bonchev–Trinajstić information content (AvgIpc) is 3.20. The van der Waals surface area contributed by atoms with E-state index in [4.69, 9.17) is 32.7 Å². The molecule has 0 radical (unpaired) electrons. The Morgan fingerprint density at radius 3 is 1.34 bits per heavy atom. The van der Waals surface area contributed by atoms with Crippen LogP contribution in [0.5, 0.6) is 0 Å². The second-order valence-corrected chi connectivity index (χ2v) is 16.8. The van der Waals surface area contributed by atoms with Gasteiger partial charge in [-0.2, -0.15) is 0 Å². The van der Waals surface area contributed by atoms with Gasteiger partial charge in [-0.05, 0) is 141 Å². The maximum absolute atomic E-state index is 13.2. The van der Waals surface area contributed by atoms with Crippen LogP contribution in [0.1, 0.15) is 127 Å². The Hall–Kier alpha value is -2.48. The van der Waals surface area contributed by atoms with Gasteiger partial charge in [0.05, 0.1) is 33.8 Å². The molecule has 4 heterocycles. The predicted octanol–water partition coefficient (Wildman–Crippen LogP) is 7.63. The van der Waals surface area contributed by atoms with Gasteiger partial charge < -0.3 is 30.7 Å². The van der Waals surface area contributed by atoms with Gasteiger partial charge in [0, 0.05) is 51.4 Å². The first kappa shape index (κ1) is 44.6. The maximum Gasteiger partial charge on any atom is 0.240 e. The highest BCUT2D eigenvalue weighted by Gasteiger charge is 2.40. The topological polar surface area (TPSA) is 126 Å². The highest BCUT2D eigenvalue weighted by Crippen LogP contribution is 2.40. The highest BCUT2D eigenvalue weighted by molar-refractivity contribution is 6.31. The molecule has 312 valence electrons. The van der Waals surface area contributed by atoms with E-state index in [2.05, 4.69) is 31.2 Å². The summed E-state index contributed by atoms with van der Waals surface area (Å²) in [6, 6.07) is 2.71. The van der Waals surface area contributed by atoms with Crippen molar-refractivity contribution in [1.29, 1.82) is 0 Å². The van der Waals surface area contributed by atoms with Crippen LogP contribution in [0.15, 0.2) is 24.5 Å². The Morgan fingerprint density at radius 1 is 0.661 bits per heavy atom.